The Labute approximate surface area is 175 Å². The molecule has 6 heteroatoms. The molecule has 1 unspecified atom stereocenters. The van der Waals surface area contributed by atoms with Crippen molar-refractivity contribution in [2.75, 3.05) is 32.8 Å². The molecule has 0 spiro atoms. The number of hydrogen-bond donors (Lipinski definition) is 2. The van der Waals surface area contributed by atoms with Gasteiger partial charge in [0.2, 0.25) is 0 Å². The number of quaternary nitrogens is 1. The number of aliphatic hydroxyl groups excluding tert-OH is 1. The Kier molecular flexibility index (Phi) is 6.64. The molecule has 0 bridgehead atoms. The van der Waals surface area contributed by atoms with E-state index in [4.69, 9.17) is 14.5 Å². The zero-order valence-corrected chi connectivity index (χ0v) is 17.7. The number of thiazole rings is 1. The maximum absolute atomic E-state index is 10.5. The number of ether oxygens (including phenoxy) is 2. The molecule has 2 aromatic carbocycles. The SMILES string of the molecule is CCOc1ccc(OC[C@H](O)C[NH+]2CCC[C@H](c3nc4ccccc4s3)C2)cc1. The lowest BCUT2D eigenvalue weighted by Gasteiger charge is -2.30. The fourth-order valence-corrected chi connectivity index (χ4v) is 5.10. The predicted octanol–water partition coefficient (Wildman–Crippen LogP) is 2.90. The number of fused-ring (bicyclic) bond motifs is 1. The van der Waals surface area contributed by atoms with Gasteiger partial charge >= 0.3 is 0 Å². The normalized spacial score (nSPS) is 20.5. The maximum atomic E-state index is 10.5. The molecule has 0 amide bonds. The van der Waals surface area contributed by atoms with Crippen LogP contribution < -0.4 is 14.4 Å². The van der Waals surface area contributed by atoms with Crippen molar-refractivity contribution in [2.45, 2.75) is 31.8 Å². The van der Waals surface area contributed by atoms with Gasteiger partial charge in [0.1, 0.15) is 35.8 Å². The minimum atomic E-state index is -0.481. The summed E-state index contributed by atoms with van der Waals surface area (Å²) in [6.45, 7) is 5.75. The smallest absolute Gasteiger partial charge is 0.137 e. The van der Waals surface area contributed by atoms with Crippen molar-refractivity contribution in [3.05, 3.63) is 53.5 Å². The largest absolute Gasteiger partial charge is 0.494 e. The molecule has 0 saturated carbocycles. The highest BCUT2D eigenvalue weighted by Gasteiger charge is 2.28. The molecule has 3 atom stereocenters. The van der Waals surface area contributed by atoms with E-state index in [-0.39, 0.29) is 0 Å². The van der Waals surface area contributed by atoms with Gasteiger partial charge in [-0.3, -0.25) is 0 Å². The number of piperidine rings is 1. The summed E-state index contributed by atoms with van der Waals surface area (Å²) >= 11 is 1.81. The zero-order chi connectivity index (χ0) is 20.1. The van der Waals surface area contributed by atoms with E-state index in [1.807, 2.05) is 48.6 Å². The molecule has 154 valence electrons. The summed E-state index contributed by atoms with van der Waals surface area (Å²) in [7, 11) is 0. The van der Waals surface area contributed by atoms with Gasteiger partial charge in [-0.2, -0.15) is 0 Å². The van der Waals surface area contributed by atoms with Crippen molar-refractivity contribution in [1.82, 2.24) is 4.98 Å². The third-order valence-corrected chi connectivity index (χ3v) is 6.58. The molecule has 1 aliphatic heterocycles. The highest BCUT2D eigenvalue weighted by atomic mass is 32.1. The van der Waals surface area contributed by atoms with Crippen LogP contribution in [0.3, 0.4) is 0 Å². The van der Waals surface area contributed by atoms with Crippen LogP contribution in [0.15, 0.2) is 48.5 Å². The molecule has 1 aliphatic rings. The highest BCUT2D eigenvalue weighted by Crippen LogP contribution is 2.30. The van der Waals surface area contributed by atoms with Crippen LogP contribution >= 0.6 is 11.3 Å². The molecule has 1 saturated heterocycles. The van der Waals surface area contributed by atoms with Crippen molar-refractivity contribution >= 4 is 21.6 Å². The lowest BCUT2D eigenvalue weighted by atomic mass is 9.98. The summed E-state index contributed by atoms with van der Waals surface area (Å²) in [5.74, 6) is 2.07. The molecular formula is C23H29N2O3S+. The second-order valence-corrected chi connectivity index (χ2v) is 8.70. The molecule has 5 nitrogen and oxygen atoms in total. The van der Waals surface area contributed by atoms with E-state index < -0.39 is 6.10 Å². The number of aliphatic hydroxyl groups is 1. The van der Waals surface area contributed by atoms with Gasteiger partial charge in [0, 0.05) is 0 Å². The first-order valence-electron chi connectivity index (χ1n) is 10.4. The predicted molar refractivity (Wildman–Crippen MR) is 116 cm³/mol. The zero-order valence-electron chi connectivity index (χ0n) is 16.8. The van der Waals surface area contributed by atoms with Crippen LogP contribution in [-0.2, 0) is 0 Å². The first-order chi connectivity index (χ1) is 14.2. The van der Waals surface area contributed by atoms with Gasteiger partial charge in [0.25, 0.3) is 0 Å². The number of para-hydroxylation sites is 1. The summed E-state index contributed by atoms with van der Waals surface area (Å²) in [5, 5.41) is 11.7. The van der Waals surface area contributed by atoms with Crippen LogP contribution in [0.2, 0.25) is 0 Å². The molecular weight excluding hydrogens is 384 g/mol. The number of rotatable bonds is 8. The summed E-state index contributed by atoms with van der Waals surface area (Å²) in [5.41, 5.74) is 1.10. The topological polar surface area (TPSA) is 56.0 Å². The van der Waals surface area contributed by atoms with Crippen LogP contribution in [0.25, 0.3) is 10.2 Å². The summed E-state index contributed by atoms with van der Waals surface area (Å²) in [6.07, 6.45) is 1.87. The van der Waals surface area contributed by atoms with Gasteiger partial charge in [0.15, 0.2) is 0 Å². The van der Waals surface area contributed by atoms with Crippen LogP contribution in [-0.4, -0.2) is 49.0 Å². The Bertz CT molecular complexity index is 879. The fourth-order valence-electron chi connectivity index (χ4n) is 4.00. The van der Waals surface area contributed by atoms with E-state index in [2.05, 4.69) is 18.2 Å². The van der Waals surface area contributed by atoms with E-state index in [1.165, 1.54) is 27.4 Å². The molecule has 1 fully saturated rings. The Morgan fingerprint density at radius 1 is 1.14 bits per heavy atom. The van der Waals surface area contributed by atoms with Crippen molar-refractivity contribution in [2.24, 2.45) is 0 Å². The number of likely N-dealkylation sites (tertiary alicyclic amines) is 1. The van der Waals surface area contributed by atoms with E-state index >= 15 is 0 Å². The lowest BCUT2D eigenvalue weighted by molar-refractivity contribution is -0.909. The van der Waals surface area contributed by atoms with E-state index in [9.17, 15) is 5.11 Å². The first-order valence-corrected chi connectivity index (χ1v) is 11.3. The lowest BCUT2D eigenvalue weighted by Crippen LogP contribution is -3.14. The minimum Gasteiger partial charge on any atom is -0.494 e. The van der Waals surface area contributed by atoms with Crippen LogP contribution in [0.5, 0.6) is 11.5 Å². The van der Waals surface area contributed by atoms with E-state index in [0.29, 0.717) is 25.7 Å². The average molecular weight is 414 g/mol. The molecule has 29 heavy (non-hydrogen) atoms. The Hall–Kier alpha value is -2.15. The average Bonchev–Trinajstić information content (AvgIpc) is 3.18. The molecule has 4 rings (SSSR count). The van der Waals surface area contributed by atoms with Gasteiger partial charge in [-0.05, 0) is 56.2 Å². The Morgan fingerprint density at radius 3 is 2.66 bits per heavy atom. The first kappa shape index (κ1) is 20.1. The third kappa shape index (κ3) is 5.26. The van der Waals surface area contributed by atoms with Crippen molar-refractivity contribution in [3.8, 4) is 11.5 Å². The van der Waals surface area contributed by atoms with Gasteiger partial charge in [-0.25, -0.2) is 4.98 Å². The number of hydrogen-bond acceptors (Lipinski definition) is 5. The number of benzene rings is 2. The fraction of sp³-hybridized carbons (Fsp3) is 0.435. The number of nitrogens with zero attached hydrogens (tertiary/aromatic N) is 1. The number of nitrogens with one attached hydrogen (secondary N) is 1. The second-order valence-electron chi connectivity index (χ2n) is 7.64. The Morgan fingerprint density at radius 2 is 1.90 bits per heavy atom. The molecule has 2 heterocycles. The molecule has 2 N–H and O–H groups in total. The van der Waals surface area contributed by atoms with Gasteiger partial charge in [-0.1, -0.05) is 12.1 Å². The van der Waals surface area contributed by atoms with Crippen LogP contribution in [0.4, 0.5) is 0 Å². The van der Waals surface area contributed by atoms with E-state index in [1.54, 1.807) is 0 Å². The minimum absolute atomic E-state index is 0.309. The van der Waals surface area contributed by atoms with E-state index in [0.717, 1.165) is 30.1 Å². The monoisotopic (exact) mass is 413 g/mol. The molecule has 3 aromatic rings. The quantitative estimate of drug-likeness (QED) is 0.596. The molecule has 0 radical (unpaired) electrons. The summed E-state index contributed by atoms with van der Waals surface area (Å²) < 4.78 is 12.5. The summed E-state index contributed by atoms with van der Waals surface area (Å²) in [4.78, 5) is 6.29. The standard InChI is InChI=1S/C23H28N2O3S/c1-2-27-19-9-11-20(12-10-19)28-16-18(26)15-25-13-5-6-17(14-25)23-24-21-7-3-4-8-22(21)29-23/h3-4,7-12,17-18,26H,2,5-6,13-16H2,1H3/p+1/t17-,18+/m0/s1. The van der Waals surface area contributed by atoms with Crippen LogP contribution in [0.1, 0.15) is 30.7 Å². The van der Waals surface area contributed by atoms with Gasteiger partial charge in [-0.15, -0.1) is 11.3 Å². The van der Waals surface area contributed by atoms with Gasteiger partial charge in [0.05, 0.1) is 35.8 Å². The summed E-state index contributed by atoms with van der Waals surface area (Å²) in [6, 6.07) is 15.9. The van der Waals surface area contributed by atoms with Crippen LogP contribution in [0, 0.1) is 0 Å². The Balaban J connectivity index is 1.28. The van der Waals surface area contributed by atoms with Crippen molar-refractivity contribution < 1.29 is 19.5 Å². The maximum Gasteiger partial charge on any atom is 0.137 e. The molecule has 0 aliphatic carbocycles. The third-order valence-electron chi connectivity index (χ3n) is 5.38. The second kappa shape index (κ2) is 9.57. The van der Waals surface area contributed by atoms with Crippen molar-refractivity contribution in [3.63, 3.8) is 0 Å². The molecule has 1 aromatic heterocycles. The van der Waals surface area contributed by atoms with Crippen molar-refractivity contribution in [1.29, 1.82) is 0 Å². The highest BCUT2D eigenvalue weighted by molar-refractivity contribution is 7.18. The van der Waals surface area contributed by atoms with Gasteiger partial charge < -0.3 is 19.5 Å². The number of aromatic nitrogens is 1.